The average Bonchev–Trinajstić information content (AvgIpc) is 3.20. The molecule has 130 valence electrons. The Labute approximate surface area is 146 Å². The molecule has 8 heteroatoms. The van der Waals surface area contributed by atoms with Crippen LogP contribution in [-0.4, -0.2) is 51.4 Å². The molecule has 0 radical (unpaired) electrons. The number of phenolic OH excluding ortho intramolecular Hbond substituents is 1. The summed E-state index contributed by atoms with van der Waals surface area (Å²) in [6.07, 6.45) is -2.10. The number of ketones is 3. The number of aromatic hydroxyl groups is 1. The summed E-state index contributed by atoms with van der Waals surface area (Å²) in [5.41, 5.74) is 7.59. The van der Waals surface area contributed by atoms with Gasteiger partial charge in [-0.3, -0.25) is 14.4 Å². The highest BCUT2D eigenvalue weighted by Gasteiger charge is 2.69. The minimum atomic E-state index is -1.40. The molecule has 8 nitrogen and oxygen atoms in total. The Hall–Kier alpha value is -2.97. The first-order valence-corrected chi connectivity index (χ1v) is 7.97. The third-order valence-electron chi connectivity index (χ3n) is 5.61. The fourth-order valence-corrected chi connectivity index (χ4v) is 4.29. The van der Waals surface area contributed by atoms with E-state index in [9.17, 15) is 30.1 Å². The predicted molar refractivity (Wildman–Crippen MR) is 84.7 cm³/mol. The molecular weight excluding hydrogens is 340 g/mol. The lowest BCUT2D eigenvalue weighted by atomic mass is 9.78. The third kappa shape index (κ3) is 1.46. The van der Waals surface area contributed by atoms with Crippen LogP contribution in [0.1, 0.15) is 27.6 Å². The Morgan fingerprint density at radius 2 is 1.88 bits per heavy atom. The first-order chi connectivity index (χ1) is 12.3. The zero-order chi connectivity index (χ0) is 18.5. The standard InChI is InChI=1S/C18H11N2O6/c1-18-16(25)11-9(15(24)17(18)26-18)8-10(12(11)20-19)14(23)7-5(13(8)22)3-2-4-6(7)21/h2-4,12,15,17,21,24H,1H3/q-1. The molecule has 1 aromatic carbocycles. The summed E-state index contributed by atoms with van der Waals surface area (Å²) in [6.45, 7) is 1.50. The van der Waals surface area contributed by atoms with Crippen molar-refractivity contribution in [2.45, 2.75) is 30.8 Å². The number of aliphatic hydroxyl groups excluding tert-OH is 1. The van der Waals surface area contributed by atoms with E-state index in [2.05, 4.69) is 5.11 Å². The van der Waals surface area contributed by atoms with Crippen LogP contribution in [0, 0.1) is 0 Å². The number of phenols is 1. The molecule has 0 saturated carbocycles. The molecule has 4 aliphatic rings. The van der Waals surface area contributed by atoms with E-state index in [-0.39, 0.29) is 39.2 Å². The van der Waals surface area contributed by atoms with Crippen LogP contribution in [0.4, 0.5) is 0 Å². The van der Waals surface area contributed by atoms with Gasteiger partial charge in [0.05, 0.1) is 11.6 Å². The second kappa shape index (κ2) is 4.40. The molecule has 0 bridgehead atoms. The lowest BCUT2D eigenvalue weighted by Crippen LogP contribution is -2.40. The highest BCUT2D eigenvalue weighted by atomic mass is 16.6. The van der Waals surface area contributed by atoms with Crippen LogP contribution in [-0.2, 0) is 9.53 Å². The van der Waals surface area contributed by atoms with Gasteiger partial charge >= 0.3 is 0 Å². The summed E-state index contributed by atoms with van der Waals surface area (Å²) in [5, 5.41) is 23.8. The van der Waals surface area contributed by atoms with Gasteiger partial charge in [0.15, 0.2) is 23.0 Å². The van der Waals surface area contributed by atoms with E-state index >= 15 is 0 Å². The molecule has 1 fully saturated rings. The fraction of sp³-hybridized carbons (Fsp3) is 0.278. The molecule has 1 aliphatic heterocycles. The molecule has 3 aliphatic carbocycles. The average molecular weight is 351 g/mol. The van der Waals surface area contributed by atoms with Crippen LogP contribution in [0.15, 0.2) is 45.6 Å². The highest BCUT2D eigenvalue weighted by Crippen LogP contribution is 2.55. The van der Waals surface area contributed by atoms with Gasteiger partial charge in [-0.15, -0.1) is 0 Å². The number of carbonyl (C=O) groups is 3. The van der Waals surface area contributed by atoms with E-state index in [1.807, 2.05) is 0 Å². The van der Waals surface area contributed by atoms with Gasteiger partial charge in [0.1, 0.15) is 18.0 Å². The van der Waals surface area contributed by atoms with Gasteiger partial charge < -0.3 is 25.6 Å². The minimum Gasteiger partial charge on any atom is -0.711 e. The van der Waals surface area contributed by atoms with Crippen LogP contribution in [0.2, 0.25) is 0 Å². The zero-order valence-corrected chi connectivity index (χ0v) is 13.4. The summed E-state index contributed by atoms with van der Waals surface area (Å²) >= 11 is 0. The number of hydrogen-bond donors (Lipinski definition) is 2. The van der Waals surface area contributed by atoms with Crippen molar-refractivity contribution in [2.75, 3.05) is 0 Å². The van der Waals surface area contributed by atoms with Crippen molar-refractivity contribution in [3.05, 3.63) is 57.1 Å². The molecule has 0 spiro atoms. The Balaban J connectivity index is 1.80. The van der Waals surface area contributed by atoms with Crippen molar-refractivity contribution in [2.24, 2.45) is 5.11 Å². The van der Waals surface area contributed by atoms with Gasteiger partial charge in [-0.05, 0) is 13.0 Å². The Morgan fingerprint density at radius 3 is 2.58 bits per heavy atom. The van der Waals surface area contributed by atoms with Crippen molar-refractivity contribution in [1.29, 1.82) is 0 Å². The second-order valence-corrected chi connectivity index (χ2v) is 6.91. The SMILES string of the molecule is CC12OC1C(O)C1=C(C2=O)C(N=[N-])C2=C1C(=O)c1cccc(O)c1C2=O. The highest BCUT2D eigenvalue weighted by molar-refractivity contribution is 6.32. The quantitative estimate of drug-likeness (QED) is 0.568. The first kappa shape index (κ1) is 15.3. The maximum Gasteiger partial charge on any atom is 0.196 e. The number of aliphatic hydroxyl groups is 1. The Kier molecular flexibility index (Phi) is 2.59. The van der Waals surface area contributed by atoms with Gasteiger partial charge in [0.2, 0.25) is 0 Å². The number of carbonyl (C=O) groups excluding carboxylic acids is 3. The summed E-state index contributed by atoms with van der Waals surface area (Å²) < 4.78 is 5.33. The summed E-state index contributed by atoms with van der Waals surface area (Å²) in [4.78, 5) is 38.8. The number of Topliss-reactive ketones (excluding diaryl/α,β-unsaturated/α-hetero) is 3. The van der Waals surface area contributed by atoms with Crippen LogP contribution >= 0.6 is 0 Å². The molecule has 0 amide bonds. The largest absolute Gasteiger partial charge is 0.711 e. The van der Waals surface area contributed by atoms with Gasteiger partial charge in [0.25, 0.3) is 0 Å². The summed E-state index contributed by atoms with van der Waals surface area (Å²) in [6, 6.07) is 2.69. The van der Waals surface area contributed by atoms with Gasteiger partial charge in [0, 0.05) is 27.9 Å². The van der Waals surface area contributed by atoms with Crippen molar-refractivity contribution >= 4 is 17.3 Å². The Bertz CT molecular complexity index is 1050. The van der Waals surface area contributed by atoms with Gasteiger partial charge in [-0.2, -0.15) is 0 Å². The van der Waals surface area contributed by atoms with Crippen LogP contribution < -0.4 is 0 Å². The van der Waals surface area contributed by atoms with Gasteiger partial charge in [-0.1, -0.05) is 12.1 Å². The lowest BCUT2D eigenvalue weighted by Gasteiger charge is -2.23. The number of ether oxygens (including phenoxy) is 1. The van der Waals surface area contributed by atoms with E-state index in [1.54, 1.807) is 0 Å². The molecule has 0 aromatic heterocycles. The monoisotopic (exact) mass is 351 g/mol. The maximum atomic E-state index is 13.0. The smallest absolute Gasteiger partial charge is 0.196 e. The number of epoxide rings is 1. The normalized spacial score (nSPS) is 34.4. The Morgan fingerprint density at radius 1 is 1.15 bits per heavy atom. The van der Waals surface area contributed by atoms with Crippen LogP contribution in [0.5, 0.6) is 5.75 Å². The van der Waals surface area contributed by atoms with E-state index in [1.165, 1.54) is 25.1 Å². The minimum absolute atomic E-state index is 0.0138. The molecule has 1 aromatic rings. The number of rotatable bonds is 1. The van der Waals surface area contributed by atoms with Gasteiger partial charge in [-0.25, -0.2) is 0 Å². The molecule has 5 rings (SSSR count). The zero-order valence-electron chi connectivity index (χ0n) is 13.4. The van der Waals surface area contributed by atoms with Crippen molar-refractivity contribution < 1.29 is 29.3 Å². The van der Waals surface area contributed by atoms with E-state index in [0.717, 1.165) is 0 Å². The first-order valence-electron chi connectivity index (χ1n) is 7.97. The molecule has 4 unspecified atom stereocenters. The lowest BCUT2D eigenvalue weighted by molar-refractivity contribution is -0.120. The summed E-state index contributed by atoms with van der Waals surface area (Å²) in [5.74, 6) is -2.21. The van der Waals surface area contributed by atoms with Crippen LogP contribution in [0.25, 0.3) is 5.53 Å². The predicted octanol–water partition coefficient (Wildman–Crippen LogP) is 0.869. The van der Waals surface area contributed by atoms with Crippen molar-refractivity contribution in [3.8, 4) is 5.75 Å². The fourth-order valence-electron chi connectivity index (χ4n) is 4.29. The summed E-state index contributed by atoms with van der Waals surface area (Å²) in [7, 11) is 0. The second-order valence-electron chi connectivity index (χ2n) is 6.91. The van der Waals surface area contributed by atoms with Crippen LogP contribution in [0.3, 0.4) is 0 Å². The number of benzene rings is 1. The third-order valence-corrected chi connectivity index (χ3v) is 5.61. The molecule has 1 heterocycles. The molecule has 26 heavy (non-hydrogen) atoms. The van der Waals surface area contributed by atoms with Crippen molar-refractivity contribution in [1.82, 2.24) is 0 Å². The number of nitrogens with zero attached hydrogens (tertiary/aromatic N) is 2. The van der Waals surface area contributed by atoms with E-state index < -0.39 is 41.2 Å². The van der Waals surface area contributed by atoms with E-state index in [4.69, 9.17) is 4.74 Å². The molecule has 4 atom stereocenters. The molecule has 1 saturated heterocycles. The number of hydrogen-bond acceptors (Lipinski definition) is 7. The maximum absolute atomic E-state index is 13.0. The molecule has 2 N–H and O–H groups in total. The molecular formula is C18H11N2O6-. The topological polar surface area (TPSA) is 139 Å². The number of fused-ring (bicyclic) bond motifs is 3. The van der Waals surface area contributed by atoms with Crippen molar-refractivity contribution in [3.63, 3.8) is 0 Å². The van der Waals surface area contributed by atoms with E-state index in [0.29, 0.717) is 0 Å².